The molecule has 6 rings (SSSR count). The summed E-state index contributed by atoms with van der Waals surface area (Å²) in [6.07, 6.45) is 0. The van der Waals surface area contributed by atoms with Gasteiger partial charge in [-0.2, -0.15) is 0 Å². The van der Waals surface area contributed by atoms with E-state index in [0.717, 1.165) is 77.9 Å². The Labute approximate surface area is 338 Å². The smallest absolute Gasteiger partial charge is 0.478 e. The van der Waals surface area contributed by atoms with Crippen molar-refractivity contribution in [2.45, 2.75) is 78.7 Å². The van der Waals surface area contributed by atoms with Gasteiger partial charge in [0.25, 0.3) is 11.8 Å². The molecule has 3 aliphatic rings. The molecule has 3 saturated heterocycles. The number of carbonyl (C=O) groups is 3. The maximum atomic E-state index is 12.8. The molecular formula is C41H55BBr2N4O6. The Hall–Kier alpha value is -3.07. The SMILES string of the molecule is CC(C)N1CCN(C(=O)c2ccc(B3OC(C)(C)C(C)(C)O3)cc2)CC1.CC(C)N1CCN(C(=O)c2ccc(Br)cc2)CC1.O=C(O)c1ccc(Br)cc1. The summed E-state index contributed by atoms with van der Waals surface area (Å²) in [5.41, 5.74) is 2.04. The lowest BCUT2D eigenvalue weighted by Gasteiger charge is -2.37. The average Bonchev–Trinajstić information content (AvgIpc) is 3.37. The highest BCUT2D eigenvalue weighted by molar-refractivity contribution is 9.10. The van der Waals surface area contributed by atoms with E-state index in [-0.39, 0.29) is 23.0 Å². The molecule has 1 N–H and O–H groups in total. The number of carboxylic acids is 1. The molecule has 0 bridgehead atoms. The first kappa shape index (κ1) is 43.7. The highest BCUT2D eigenvalue weighted by atomic mass is 79.9. The lowest BCUT2D eigenvalue weighted by molar-refractivity contribution is 0.00578. The fourth-order valence-corrected chi connectivity index (χ4v) is 6.72. The number of carbonyl (C=O) groups excluding carboxylic acids is 2. The maximum absolute atomic E-state index is 12.8. The van der Waals surface area contributed by atoms with E-state index in [1.54, 1.807) is 24.3 Å². The third kappa shape index (κ3) is 11.7. The van der Waals surface area contributed by atoms with Crippen LogP contribution in [0.2, 0.25) is 0 Å². The van der Waals surface area contributed by atoms with Gasteiger partial charge in [-0.05, 0) is 122 Å². The summed E-state index contributed by atoms with van der Waals surface area (Å²) in [6, 6.07) is 22.8. The molecular weight excluding hydrogens is 815 g/mol. The van der Waals surface area contributed by atoms with Gasteiger partial charge in [0.15, 0.2) is 0 Å². The largest absolute Gasteiger partial charge is 0.494 e. The second-order valence-electron chi connectivity index (χ2n) is 15.4. The lowest BCUT2D eigenvalue weighted by Crippen LogP contribution is -2.50. The summed E-state index contributed by atoms with van der Waals surface area (Å²) in [5, 5.41) is 8.46. The Kier molecular flexibility index (Phi) is 15.5. The highest BCUT2D eigenvalue weighted by Crippen LogP contribution is 2.36. The number of halogens is 2. The number of carboxylic acid groups (broad SMARTS) is 1. The van der Waals surface area contributed by atoms with Gasteiger partial charge >= 0.3 is 13.1 Å². The minimum absolute atomic E-state index is 0.105. The van der Waals surface area contributed by atoms with Gasteiger partial charge in [0.1, 0.15) is 0 Å². The molecule has 292 valence electrons. The van der Waals surface area contributed by atoms with Gasteiger partial charge in [-0.1, -0.05) is 44.0 Å². The second-order valence-corrected chi connectivity index (χ2v) is 17.2. The van der Waals surface area contributed by atoms with E-state index in [1.807, 2.05) is 86.0 Å². The van der Waals surface area contributed by atoms with E-state index < -0.39 is 13.1 Å². The third-order valence-corrected chi connectivity index (χ3v) is 11.6. The number of piperazine rings is 2. The first-order chi connectivity index (χ1) is 25.4. The molecule has 3 aliphatic heterocycles. The minimum atomic E-state index is -0.896. The van der Waals surface area contributed by atoms with Gasteiger partial charge in [0.2, 0.25) is 0 Å². The topological polar surface area (TPSA) is 103 Å². The van der Waals surface area contributed by atoms with E-state index in [1.165, 1.54) is 0 Å². The van der Waals surface area contributed by atoms with Crippen LogP contribution in [0.4, 0.5) is 0 Å². The van der Waals surface area contributed by atoms with Crippen molar-refractivity contribution in [1.82, 2.24) is 19.6 Å². The van der Waals surface area contributed by atoms with Crippen molar-refractivity contribution in [2.24, 2.45) is 0 Å². The first-order valence-corrected chi connectivity index (χ1v) is 20.2. The standard InChI is InChI=1S/C20H31BN2O3.C14H19BrN2O.C7H5BrO2/c1-15(2)22-11-13-23(14-12-22)18(24)16-7-9-17(10-8-16)21-25-19(3,4)20(5,6)26-21;1-11(2)16-7-9-17(10-8-16)14(18)12-3-5-13(15)6-4-12;8-6-3-1-5(2-4-6)7(9)10/h7-10,15H,11-14H2,1-6H3;3-6,11H,7-10H2,1-2H3;1-4H,(H,9,10). The molecule has 2 amide bonds. The lowest BCUT2D eigenvalue weighted by atomic mass is 9.79. The number of amides is 2. The Morgan fingerprint density at radius 3 is 1.20 bits per heavy atom. The highest BCUT2D eigenvalue weighted by Gasteiger charge is 2.51. The summed E-state index contributed by atoms with van der Waals surface area (Å²) in [4.78, 5) is 44.0. The van der Waals surface area contributed by atoms with Crippen molar-refractivity contribution in [3.63, 3.8) is 0 Å². The number of nitrogens with zero attached hydrogens (tertiary/aromatic N) is 4. The van der Waals surface area contributed by atoms with Gasteiger partial charge in [-0.15, -0.1) is 0 Å². The number of rotatable bonds is 6. The summed E-state index contributed by atoms with van der Waals surface area (Å²) < 4.78 is 14.0. The number of aromatic carboxylic acids is 1. The van der Waals surface area contributed by atoms with Crippen LogP contribution in [0.5, 0.6) is 0 Å². The summed E-state index contributed by atoms with van der Waals surface area (Å²) in [7, 11) is -0.390. The summed E-state index contributed by atoms with van der Waals surface area (Å²) in [6.45, 7) is 24.0. The quantitative estimate of drug-likeness (QED) is 0.267. The molecule has 0 aromatic heterocycles. The van der Waals surface area contributed by atoms with Crippen molar-refractivity contribution in [2.75, 3.05) is 52.4 Å². The van der Waals surface area contributed by atoms with Gasteiger partial charge < -0.3 is 24.2 Å². The van der Waals surface area contributed by atoms with E-state index in [2.05, 4.69) is 69.4 Å². The van der Waals surface area contributed by atoms with E-state index >= 15 is 0 Å². The normalized spacial score (nSPS) is 18.5. The molecule has 54 heavy (non-hydrogen) atoms. The predicted molar refractivity (Wildman–Crippen MR) is 223 cm³/mol. The molecule has 0 spiro atoms. The molecule has 3 aromatic rings. The Bertz CT molecular complexity index is 1670. The van der Waals surface area contributed by atoms with Crippen LogP contribution < -0.4 is 5.46 Å². The Morgan fingerprint density at radius 2 is 0.889 bits per heavy atom. The number of hydrogen-bond donors (Lipinski definition) is 1. The van der Waals surface area contributed by atoms with Crippen molar-refractivity contribution < 1.29 is 28.8 Å². The Morgan fingerprint density at radius 1 is 0.574 bits per heavy atom. The predicted octanol–water partition coefficient (Wildman–Crippen LogP) is 6.91. The number of hydrogen-bond acceptors (Lipinski definition) is 7. The zero-order valence-electron chi connectivity index (χ0n) is 32.9. The van der Waals surface area contributed by atoms with Crippen LogP contribution in [0.15, 0.2) is 81.7 Å². The third-order valence-electron chi connectivity index (χ3n) is 10.5. The maximum Gasteiger partial charge on any atom is 0.494 e. The zero-order valence-corrected chi connectivity index (χ0v) is 36.0. The molecule has 3 heterocycles. The van der Waals surface area contributed by atoms with Crippen LogP contribution in [-0.2, 0) is 9.31 Å². The first-order valence-electron chi connectivity index (χ1n) is 18.6. The summed E-state index contributed by atoms with van der Waals surface area (Å²) in [5.74, 6) is -0.646. The van der Waals surface area contributed by atoms with Gasteiger partial charge in [0, 0.05) is 84.5 Å². The van der Waals surface area contributed by atoms with Crippen LogP contribution in [0.3, 0.4) is 0 Å². The Balaban J connectivity index is 0.000000200. The van der Waals surface area contributed by atoms with E-state index in [0.29, 0.717) is 17.6 Å². The van der Waals surface area contributed by atoms with Crippen LogP contribution in [0.25, 0.3) is 0 Å². The molecule has 10 nitrogen and oxygen atoms in total. The molecule has 0 saturated carbocycles. The average molecular weight is 871 g/mol. The van der Waals surface area contributed by atoms with Crippen LogP contribution in [0.1, 0.15) is 86.5 Å². The van der Waals surface area contributed by atoms with Crippen LogP contribution in [-0.4, -0.2) is 125 Å². The number of benzene rings is 3. The van der Waals surface area contributed by atoms with Crippen LogP contribution in [0, 0.1) is 0 Å². The van der Waals surface area contributed by atoms with Crippen molar-refractivity contribution in [1.29, 1.82) is 0 Å². The summed E-state index contributed by atoms with van der Waals surface area (Å²) >= 11 is 6.58. The molecule has 0 radical (unpaired) electrons. The molecule has 13 heteroatoms. The molecule has 3 aromatic carbocycles. The van der Waals surface area contributed by atoms with Gasteiger partial charge in [0.05, 0.1) is 16.8 Å². The fourth-order valence-electron chi connectivity index (χ4n) is 6.19. The van der Waals surface area contributed by atoms with Gasteiger partial charge in [-0.3, -0.25) is 19.4 Å². The van der Waals surface area contributed by atoms with E-state index in [4.69, 9.17) is 14.4 Å². The van der Waals surface area contributed by atoms with Crippen molar-refractivity contribution >= 4 is 62.2 Å². The van der Waals surface area contributed by atoms with Crippen LogP contribution >= 0.6 is 31.9 Å². The molecule has 0 aliphatic carbocycles. The minimum Gasteiger partial charge on any atom is -0.478 e. The van der Waals surface area contributed by atoms with E-state index in [9.17, 15) is 14.4 Å². The molecule has 0 unspecified atom stereocenters. The monoisotopic (exact) mass is 868 g/mol. The van der Waals surface area contributed by atoms with Crippen molar-refractivity contribution in [3.05, 3.63) is 98.4 Å². The zero-order chi connectivity index (χ0) is 39.8. The fraction of sp³-hybridized carbons (Fsp3) is 0.488. The molecule has 0 atom stereocenters. The van der Waals surface area contributed by atoms with Gasteiger partial charge in [-0.25, -0.2) is 4.79 Å². The van der Waals surface area contributed by atoms with Crippen molar-refractivity contribution in [3.8, 4) is 0 Å². The molecule has 3 fully saturated rings. The second kappa shape index (κ2) is 19.2.